The Bertz CT molecular complexity index is 1820. The smallest absolute Gasteiger partial charge is 0.339 e. The third-order valence-electron chi connectivity index (χ3n) is 8.72. The van der Waals surface area contributed by atoms with Crippen LogP contribution in [0.15, 0.2) is 83.8 Å². The van der Waals surface area contributed by atoms with Crippen molar-refractivity contribution in [3.8, 4) is 5.75 Å². The van der Waals surface area contributed by atoms with Crippen LogP contribution in [0.3, 0.4) is 0 Å². The third-order valence-corrected chi connectivity index (χ3v) is 10.6. The quantitative estimate of drug-likeness (QED) is 0.190. The molecular weight excluding hydrogens is 590 g/mol. The van der Waals surface area contributed by atoms with Gasteiger partial charge in [-0.05, 0) is 60.6 Å². The zero-order chi connectivity index (χ0) is 32.3. The van der Waals surface area contributed by atoms with Crippen molar-refractivity contribution in [3.05, 3.63) is 95.6 Å². The van der Waals surface area contributed by atoms with Crippen molar-refractivity contribution >= 4 is 44.0 Å². The number of carboxylic acids is 1. The Kier molecular flexibility index (Phi) is 9.45. The molecule has 0 aromatic heterocycles. The summed E-state index contributed by atoms with van der Waals surface area (Å²) >= 11 is 0. The molecule has 10 heteroatoms. The lowest BCUT2D eigenvalue weighted by Crippen LogP contribution is -2.46. The van der Waals surface area contributed by atoms with Crippen LogP contribution in [0.1, 0.15) is 59.5 Å². The van der Waals surface area contributed by atoms with Gasteiger partial charge in [-0.3, -0.25) is 4.79 Å². The Morgan fingerprint density at radius 1 is 0.889 bits per heavy atom. The summed E-state index contributed by atoms with van der Waals surface area (Å²) in [5, 5.41) is 23.5. The summed E-state index contributed by atoms with van der Waals surface area (Å²) in [5.41, 5.74) is 2.75. The predicted octanol–water partition coefficient (Wildman–Crippen LogP) is 6.23. The van der Waals surface area contributed by atoms with E-state index in [4.69, 9.17) is 0 Å². The number of benzene rings is 4. The van der Waals surface area contributed by atoms with Crippen LogP contribution in [0.25, 0.3) is 10.8 Å². The van der Waals surface area contributed by atoms with Crippen LogP contribution in [-0.4, -0.2) is 62.0 Å². The van der Waals surface area contributed by atoms with Gasteiger partial charge >= 0.3 is 5.97 Å². The number of anilines is 2. The highest BCUT2D eigenvalue weighted by molar-refractivity contribution is 7.89. The van der Waals surface area contributed by atoms with E-state index in [1.165, 1.54) is 44.0 Å². The topological polar surface area (TPSA) is 127 Å². The van der Waals surface area contributed by atoms with Gasteiger partial charge in [0.25, 0.3) is 0 Å². The number of likely N-dealkylation sites (N-methyl/N-ethyl adjacent to an activating group) is 1. The molecule has 4 aromatic rings. The van der Waals surface area contributed by atoms with Gasteiger partial charge in [0.2, 0.25) is 15.9 Å². The molecule has 45 heavy (non-hydrogen) atoms. The molecule has 1 aliphatic rings. The first kappa shape index (κ1) is 32.0. The summed E-state index contributed by atoms with van der Waals surface area (Å²) < 4.78 is 29.7. The van der Waals surface area contributed by atoms with Crippen molar-refractivity contribution < 1.29 is 28.2 Å². The molecule has 1 amide bonds. The second kappa shape index (κ2) is 13.3. The molecule has 1 atom stereocenters. The number of hydrogen-bond acceptors (Lipinski definition) is 6. The molecule has 1 unspecified atom stereocenters. The number of hydrogen-bond donors (Lipinski definition) is 3. The van der Waals surface area contributed by atoms with Gasteiger partial charge in [0.15, 0.2) is 0 Å². The second-order valence-electron chi connectivity index (χ2n) is 11.9. The lowest BCUT2D eigenvalue weighted by atomic mass is 9.84. The van der Waals surface area contributed by atoms with Gasteiger partial charge in [-0.2, -0.15) is 4.31 Å². The molecular formula is C35H39N3O6S. The maximum Gasteiger partial charge on any atom is 0.339 e. The molecule has 0 saturated heterocycles. The van der Waals surface area contributed by atoms with E-state index in [1.54, 1.807) is 18.2 Å². The number of phenols is 1. The number of aromatic hydroxyl groups is 1. The van der Waals surface area contributed by atoms with Crippen LogP contribution in [0, 0.1) is 0 Å². The van der Waals surface area contributed by atoms with Gasteiger partial charge < -0.3 is 20.4 Å². The lowest BCUT2D eigenvalue weighted by molar-refractivity contribution is -0.119. The van der Waals surface area contributed by atoms with Crippen LogP contribution in [-0.2, 0) is 21.2 Å². The SMILES string of the molecule is CN(C)c1cccc2c(S(=O)(=O)N(C)C(Cc3ccc(C4CCCCC4)cc3)C(=O)Nc3ccc(C(=O)O)c(O)c3)cccc12. The minimum absolute atomic E-state index is 0.0834. The highest BCUT2D eigenvalue weighted by Crippen LogP contribution is 2.34. The molecule has 236 valence electrons. The molecule has 0 bridgehead atoms. The summed E-state index contributed by atoms with van der Waals surface area (Å²) in [4.78, 5) is 27.2. The number of aromatic carboxylic acids is 1. The Morgan fingerprint density at radius 3 is 2.20 bits per heavy atom. The van der Waals surface area contributed by atoms with Crippen molar-refractivity contribution in [1.82, 2.24) is 4.31 Å². The Balaban J connectivity index is 1.50. The molecule has 0 spiro atoms. The largest absolute Gasteiger partial charge is 0.507 e. The summed E-state index contributed by atoms with van der Waals surface area (Å²) in [5.74, 6) is -1.93. The highest BCUT2D eigenvalue weighted by Gasteiger charge is 2.34. The van der Waals surface area contributed by atoms with Gasteiger partial charge in [-0.15, -0.1) is 0 Å². The van der Waals surface area contributed by atoms with Crippen LogP contribution in [0.4, 0.5) is 11.4 Å². The molecule has 0 heterocycles. The first-order valence-corrected chi connectivity index (χ1v) is 16.5. The Morgan fingerprint density at radius 2 is 1.56 bits per heavy atom. The molecule has 0 aliphatic heterocycles. The van der Waals surface area contributed by atoms with E-state index in [1.807, 2.05) is 49.3 Å². The van der Waals surface area contributed by atoms with E-state index >= 15 is 0 Å². The van der Waals surface area contributed by atoms with Gasteiger partial charge in [-0.25, -0.2) is 13.2 Å². The number of sulfonamides is 1. The standard InChI is InChI=1S/C35H39N3O6S/c1-37(2)30-13-7-12-28-27(30)11-8-14-33(28)45(43,44)38(3)31(34(40)36-26-19-20-29(35(41)42)32(39)22-26)21-23-15-17-25(18-16-23)24-9-5-4-6-10-24/h7-8,11-20,22,24,31,39H,4-6,9-10,21H2,1-3H3,(H,36,40)(H,41,42). The second-order valence-corrected chi connectivity index (χ2v) is 13.8. The van der Waals surface area contributed by atoms with E-state index in [0.717, 1.165) is 39.9 Å². The minimum atomic E-state index is -4.19. The zero-order valence-electron chi connectivity index (χ0n) is 25.7. The summed E-state index contributed by atoms with van der Waals surface area (Å²) in [6, 6.07) is 21.2. The fourth-order valence-corrected chi connectivity index (χ4v) is 7.71. The normalized spacial score (nSPS) is 14.8. The molecule has 5 rings (SSSR count). The molecule has 0 radical (unpaired) electrons. The molecule has 1 fully saturated rings. The van der Waals surface area contributed by atoms with E-state index in [0.29, 0.717) is 11.3 Å². The fraction of sp³-hybridized carbons (Fsp3) is 0.314. The zero-order valence-corrected chi connectivity index (χ0v) is 26.5. The maximum atomic E-state index is 14.3. The maximum absolute atomic E-state index is 14.3. The highest BCUT2D eigenvalue weighted by atomic mass is 32.2. The number of carbonyl (C=O) groups is 2. The van der Waals surface area contributed by atoms with Crippen LogP contribution in [0.2, 0.25) is 0 Å². The monoisotopic (exact) mass is 629 g/mol. The van der Waals surface area contributed by atoms with E-state index in [2.05, 4.69) is 17.4 Å². The van der Waals surface area contributed by atoms with Crippen molar-refractivity contribution in [2.45, 2.75) is 55.4 Å². The molecule has 1 saturated carbocycles. The average molecular weight is 630 g/mol. The molecule has 1 aliphatic carbocycles. The van der Waals surface area contributed by atoms with Gasteiger partial charge in [0.05, 0.1) is 4.90 Å². The fourth-order valence-electron chi connectivity index (χ4n) is 6.19. The first-order valence-electron chi connectivity index (χ1n) is 15.1. The minimum Gasteiger partial charge on any atom is -0.507 e. The van der Waals surface area contributed by atoms with Gasteiger partial charge in [-0.1, -0.05) is 67.8 Å². The Labute approximate surface area is 264 Å². The predicted molar refractivity (Wildman–Crippen MR) is 177 cm³/mol. The van der Waals surface area contributed by atoms with E-state index < -0.39 is 33.7 Å². The van der Waals surface area contributed by atoms with Crippen LogP contribution in [0.5, 0.6) is 5.75 Å². The van der Waals surface area contributed by atoms with Crippen molar-refractivity contribution in [3.63, 3.8) is 0 Å². The summed E-state index contributed by atoms with van der Waals surface area (Å²) in [6.45, 7) is 0. The number of fused-ring (bicyclic) bond motifs is 1. The van der Waals surface area contributed by atoms with Crippen molar-refractivity contribution in [2.24, 2.45) is 0 Å². The van der Waals surface area contributed by atoms with E-state index in [9.17, 15) is 28.2 Å². The number of carboxylic acid groups (broad SMARTS) is 1. The molecule has 4 aromatic carbocycles. The van der Waals surface area contributed by atoms with Gasteiger partial charge in [0.1, 0.15) is 17.4 Å². The van der Waals surface area contributed by atoms with Crippen molar-refractivity contribution in [2.75, 3.05) is 31.4 Å². The third kappa shape index (κ3) is 6.82. The summed E-state index contributed by atoms with van der Waals surface area (Å²) in [6.07, 6.45) is 6.09. The van der Waals surface area contributed by atoms with Gasteiger partial charge in [0, 0.05) is 49.4 Å². The number of carbonyl (C=O) groups excluding carboxylic acids is 1. The molecule has 3 N–H and O–H groups in total. The van der Waals surface area contributed by atoms with E-state index in [-0.39, 0.29) is 22.6 Å². The average Bonchev–Trinajstić information content (AvgIpc) is 3.03. The molecule has 9 nitrogen and oxygen atoms in total. The first-order chi connectivity index (χ1) is 21.5. The number of nitrogens with one attached hydrogen (secondary N) is 1. The lowest BCUT2D eigenvalue weighted by Gasteiger charge is -2.28. The summed E-state index contributed by atoms with van der Waals surface area (Å²) in [7, 11) is 0.993. The van der Waals surface area contributed by atoms with Crippen LogP contribution < -0.4 is 10.2 Å². The number of amides is 1. The number of nitrogens with zero attached hydrogens (tertiary/aromatic N) is 2. The Hall–Kier alpha value is -4.41. The van der Waals surface area contributed by atoms with Crippen LogP contribution >= 0.6 is 0 Å². The number of rotatable bonds is 10. The van der Waals surface area contributed by atoms with Crippen molar-refractivity contribution in [1.29, 1.82) is 0 Å².